The standard InChI is InChI=1S/C11H19N3O2/c1-3-4-5-6-7-16-11(15)10-9(12)8-13-14(10)2/h8H,3-7,12H2,1-2H3. The van der Waals surface area contributed by atoms with Crippen LogP contribution in [0.15, 0.2) is 6.20 Å². The minimum absolute atomic E-state index is 0.329. The monoisotopic (exact) mass is 225 g/mol. The first-order chi connectivity index (χ1) is 7.66. The summed E-state index contributed by atoms with van der Waals surface area (Å²) in [6, 6.07) is 0. The molecule has 0 aliphatic carbocycles. The van der Waals surface area contributed by atoms with Crippen molar-refractivity contribution in [3.63, 3.8) is 0 Å². The normalized spacial score (nSPS) is 10.4. The van der Waals surface area contributed by atoms with Crippen LogP contribution >= 0.6 is 0 Å². The molecule has 1 aromatic heterocycles. The fourth-order valence-electron chi connectivity index (χ4n) is 1.47. The zero-order valence-corrected chi connectivity index (χ0v) is 9.90. The highest BCUT2D eigenvalue weighted by molar-refractivity contribution is 5.92. The molecule has 2 N–H and O–H groups in total. The number of nitrogens with two attached hydrogens (primary N) is 1. The predicted octanol–water partition coefficient (Wildman–Crippen LogP) is 1.74. The molecule has 5 nitrogen and oxygen atoms in total. The number of rotatable bonds is 6. The summed E-state index contributed by atoms with van der Waals surface area (Å²) in [5, 5.41) is 3.89. The molecule has 0 fully saturated rings. The number of anilines is 1. The molecule has 0 radical (unpaired) electrons. The van der Waals surface area contributed by atoms with Gasteiger partial charge in [0, 0.05) is 7.05 Å². The van der Waals surface area contributed by atoms with E-state index in [9.17, 15) is 4.79 Å². The van der Waals surface area contributed by atoms with E-state index in [1.807, 2.05) is 0 Å². The van der Waals surface area contributed by atoms with Crippen molar-refractivity contribution in [3.05, 3.63) is 11.9 Å². The van der Waals surface area contributed by atoms with Crippen LogP contribution in [-0.4, -0.2) is 22.4 Å². The van der Waals surface area contributed by atoms with Crippen LogP contribution in [-0.2, 0) is 11.8 Å². The van der Waals surface area contributed by atoms with Crippen LogP contribution in [0.3, 0.4) is 0 Å². The summed E-state index contributed by atoms with van der Waals surface area (Å²) in [6.07, 6.45) is 5.78. The fraction of sp³-hybridized carbons (Fsp3) is 0.636. The number of aryl methyl sites for hydroxylation is 1. The molecule has 0 unspecified atom stereocenters. The molecule has 0 amide bonds. The highest BCUT2D eigenvalue weighted by Crippen LogP contribution is 2.11. The molecule has 0 saturated heterocycles. The molecule has 16 heavy (non-hydrogen) atoms. The number of unbranched alkanes of at least 4 members (excludes halogenated alkanes) is 3. The van der Waals surface area contributed by atoms with Crippen molar-refractivity contribution in [1.82, 2.24) is 9.78 Å². The Bertz CT molecular complexity index is 327. The van der Waals surface area contributed by atoms with E-state index >= 15 is 0 Å². The summed E-state index contributed by atoms with van der Waals surface area (Å²) in [4.78, 5) is 11.6. The Hall–Kier alpha value is -1.52. The van der Waals surface area contributed by atoms with E-state index in [0.717, 1.165) is 12.8 Å². The third-order valence-electron chi connectivity index (χ3n) is 2.39. The highest BCUT2D eigenvalue weighted by atomic mass is 16.5. The first kappa shape index (κ1) is 12.5. The average molecular weight is 225 g/mol. The van der Waals surface area contributed by atoms with Crippen molar-refractivity contribution in [2.75, 3.05) is 12.3 Å². The molecular weight excluding hydrogens is 206 g/mol. The molecule has 1 rings (SSSR count). The molecule has 0 aromatic carbocycles. The number of esters is 1. The third kappa shape index (κ3) is 3.25. The van der Waals surface area contributed by atoms with E-state index in [1.165, 1.54) is 23.7 Å². The van der Waals surface area contributed by atoms with Gasteiger partial charge >= 0.3 is 5.97 Å². The first-order valence-electron chi connectivity index (χ1n) is 5.61. The quantitative estimate of drug-likeness (QED) is 0.591. The van der Waals surface area contributed by atoms with E-state index in [1.54, 1.807) is 7.05 Å². The molecule has 0 bridgehead atoms. The van der Waals surface area contributed by atoms with E-state index in [2.05, 4.69) is 12.0 Å². The van der Waals surface area contributed by atoms with Gasteiger partial charge in [-0.05, 0) is 6.42 Å². The number of hydrogen-bond acceptors (Lipinski definition) is 4. The maximum Gasteiger partial charge on any atom is 0.358 e. The third-order valence-corrected chi connectivity index (χ3v) is 2.39. The molecule has 1 heterocycles. The van der Waals surface area contributed by atoms with Crippen LogP contribution in [0.2, 0.25) is 0 Å². The van der Waals surface area contributed by atoms with Gasteiger partial charge in [-0.3, -0.25) is 4.68 Å². The Morgan fingerprint density at radius 2 is 2.25 bits per heavy atom. The summed E-state index contributed by atoms with van der Waals surface area (Å²) in [5.41, 5.74) is 6.30. The van der Waals surface area contributed by atoms with Crippen molar-refractivity contribution < 1.29 is 9.53 Å². The molecule has 90 valence electrons. The summed E-state index contributed by atoms with van der Waals surface area (Å²) in [6.45, 7) is 2.59. The molecular formula is C11H19N3O2. The van der Waals surface area contributed by atoms with Gasteiger partial charge in [0.1, 0.15) is 0 Å². The zero-order valence-electron chi connectivity index (χ0n) is 9.90. The molecule has 0 atom stereocenters. The molecule has 0 saturated carbocycles. The number of nitrogen functional groups attached to an aromatic ring is 1. The van der Waals surface area contributed by atoms with E-state index < -0.39 is 5.97 Å². The Morgan fingerprint density at radius 3 is 2.81 bits per heavy atom. The van der Waals surface area contributed by atoms with Crippen molar-refractivity contribution in [2.24, 2.45) is 7.05 Å². The van der Waals surface area contributed by atoms with Gasteiger partial charge in [-0.1, -0.05) is 26.2 Å². The van der Waals surface area contributed by atoms with Gasteiger partial charge in [-0.25, -0.2) is 4.79 Å². The van der Waals surface area contributed by atoms with Crippen molar-refractivity contribution in [2.45, 2.75) is 32.6 Å². The fourth-order valence-corrected chi connectivity index (χ4v) is 1.47. The van der Waals surface area contributed by atoms with Crippen LogP contribution in [0.1, 0.15) is 43.1 Å². The van der Waals surface area contributed by atoms with Crippen molar-refractivity contribution in [3.8, 4) is 0 Å². The Kier molecular flexibility index (Phi) is 4.82. The lowest BCUT2D eigenvalue weighted by Crippen LogP contribution is -2.13. The van der Waals surface area contributed by atoms with Gasteiger partial charge in [0.15, 0.2) is 5.69 Å². The Labute approximate surface area is 95.6 Å². The first-order valence-corrected chi connectivity index (χ1v) is 5.61. The molecule has 5 heteroatoms. The number of nitrogens with zero attached hydrogens (tertiary/aromatic N) is 2. The van der Waals surface area contributed by atoms with Gasteiger partial charge in [0.25, 0.3) is 0 Å². The van der Waals surface area contributed by atoms with Gasteiger partial charge in [0.05, 0.1) is 18.5 Å². The maximum absolute atomic E-state index is 11.6. The van der Waals surface area contributed by atoms with E-state index in [-0.39, 0.29) is 0 Å². The van der Waals surface area contributed by atoms with Crippen molar-refractivity contribution in [1.29, 1.82) is 0 Å². The lowest BCUT2D eigenvalue weighted by molar-refractivity contribution is 0.0486. The summed E-state index contributed by atoms with van der Waals surface area (Å²) in [7, 11) is 1.67. The van der Waals surface area contributed by atoms with Gasteiger partial charge < -0.3 is 10.5 Å². The Balaban J connectivity index is 2.36. The zero-order chi connectivity index (χ0) is 12.0. The number of carbonyl (C=O) groups is 1. The number of aromatic nitrogens is 2. The summed E-state index contributed by atoms with van der Waals surface area (Å²) in [5.74, 6) is -0.394. The van der Waals surface area contributed by atoms with Gasteiger partial charge in [-0.15, -0.1) is 0 Å². The molecule has 0 spiro atoms. The van der Waals surface area contributed by atoms with Gasteiger partial charge in [0.2, 0.25) is 0 Å². The SMILES string of the molecule is CCCCCCOC(=O)c1c(N)cnn1C. The van der Waals surface area contributed by atoms with Crippen LogP contribution in [0.4, 0.5) is 5.69 Å². The predicted molar refractivity (Wildman–Crippen MR) is 62.0 cm³/mol. The smallest absolute Gasteiger partial charge is 0.358 e. The maximum atomic E-state index is 11.6. The number of hydrogen-bond donors (Lipinski definition) is 1. The molecule has 0 aliphatic rings. The van der Waals surface area contributed by atoms with E-state index in [4.69, 9.17) is 10.5 Å². The summed E-state index contributed by atoms with van der Waals surface area (Å²) < 4.78 is 6.55. The number of carbonyl (C=O) groups excluding carboxylic acids is 1. The van der Waals surface area contributed by atoms with E-state index in [0.29, 0.717) is 18.0 Å². The van der Waals surface area contributed by atoms with Crippen LogP contribution < -0.4 is 5.73 Å². The second-order valence-corrected chi connectivity index (χ2v) is 3.77. The minimum Gasteiger partial charge on any atom is -0.461 e. The summed E-state index contributed by atoms with van der Waals surface area (Å²) >= 11 is 0. The van der Waals surface area contributed by atoms with Crippen LogP contribution in [0.5, 0.6) is 0 Å². The minimum atomic E-state index is -0.394. The second kappa shape index (κ2) is 6.15. The highest BCUT2D eigenvalue weighted by Gasteiger charge is 2.15. The van der Waals surface area contributed by atoms with Crippen molar-refractivity contribution >= 4 is 11.7 Å². The lowest BCUT2D eigenvalue weighted by Gasteiger charge is -2.05. The average Bonchev–Trinajstić information content (AvgIpc) is 2.58. The van der Waals surface area contributed by atoms with Crippen LogP contribution in [0, 0.1) is 0 Å². The molecule has 1 aromatic rings. The molecule has 0 aliphatic heterocycles. The lowest BCUT2D eigenvalue weighted by atomic mass is 10.2. The number of ether oxygens (including phenoxy) is 1. The Morgan fingerprint density at radius 1 is 1.50 bits per heavy atom. The van der Waals surface area contributed by atoms with Gasteiger partial charge in [-0.2, -0.15) is 5.10 Å². The largest absolute Gasteiger partial charge is 0.461 e. The second-order valence-electron chi connectivity index (χ2n) is 3.77. The topological polar surface area (TPSA) is 70.1 Å². The van der Waals surface area contributed by atoms with Crippen LogP contribution in [0.25, 0.3) is 0 Å².